The number of hydrogen-bond acceptors (Lipinski definition) is 2. The molecule has 0 aliphatic carbocycles. The monoisotopic (exact) mass is 522 g/mol. The van der Waals surface area contributed by atoms with Crippen LogP contribution in [-0.2, 0) is 0 Å². The smallest absolute Gasteiger partial charge is 0.260 e. The molecule has 2 nitrogen and oxygen atoms in total. The van der Waals surface area contributed by atoms with Gasteiger partial charge in [0.1, 0.15) is 23.0 Å². The van der Waals surface area contributed by atoms with E-state index in [1.54, 1.807) is 0 Å². The maximum atomic E-state index is 6.51. The van der Waals surface area contributed by atoms with E-state index in [1.165, 1.54) is 43.8 Å². The molecule has 0 unspecified atom stereocenters. The third-order valence-electron chi connectivity index (χ3n) is 8.60. The van der Waals surface area contributed by atoms with E-state index in [1.807, 2.05) is 6.07 Å². The van der Waals surface area contributed by atoms with Crippen LogP contribution in [0, 0.1) is 0 Å². The van der Waals surface area contributed by atoms with Crippen molar-refractivity contribution >= 4 is 44.6 Å². The first-order valence-electron chi connectivity index (χ1n) is 14.0. The standard InChI is InChI=1S/C38H23BO2/c1-3-12-28-24(8-1)10-5-14-30(28)26-18-20-34-32(22-26)39-33-23-27(31-15-6-11-25-9-2-4-13-29(25)31)19-21-35(33)41-37-17-7-16-36(40-34)38(37)39/h1-23H. The summed E-state index contributed by atoms with van der Waals surface area (Å²) in [5.74, 6) is 3.51. The van der Waals surface area contributed by atoms with Gasteiger partial charge in [0, 0.05) is 5.46 Å². The molecule has 0 N–H and O–H groups in total. The number of benzene rings is 7. The molecule has 0 saturated carbocycles. The minimum absolute atomic E-state index is 0.00134. The molecule has 3 heteroatoms. The molecule has 0 radical (unpaired) electrons. The third-order valence-corrected chi connectivity index (χ3v) is 8.60. The van der Waals surface area contributed by atoms with Crippen molar-refractivity contribution in [1.29, 1.82) is 0 Å². The first kappa shape index (κ1) is 22.5. The second-order valence-electron chi connectivity index (χ2n) is 10.9. The maximum absolute atomic E-state index is 6.51. The molecule has 41 heavy (non-hydrogen) atoms. The molecule has 9 rings (SSSR count). The van der Waals surface area contributed by atoms with Crippen LogP contribution < -0.4 is 25.9 Å². The van der Waals surface area contributed by atoms with Crippen molar-refractivity contribution in [2.24, 2.45) is 0 Å². The summed E-state index contributed by atoms with van der Waals surface area (Å²) in [6.45, 7) is -0.00134. The van der Waals surface area contributed by atoms with Crippen LogP contribution in [0.3, 0.4) is 0 Å². The van der Waals surface area contributed by atoms with Crippen molar-refractivity contribution in [3.63, 3.8) is 0 Å². The average Bonchev–Trinajstić information content (AvgIpc) is 3.04. The van der Waals surface area contributed by atoms with Crippen LogP contribution in [0.5, 0.6) is 23.0 Å². The SMILES string of the molecule is c1cc2c3c(c1)Oc1ccc(-c4cccc5ccccc45)cc1B3c1cc(-c3cccc4ccccc34)ccc1O2. The molecule has 0 bridgehead atoms. The van der Waals surface area contributed by atoms with E-state index in [-0.39, 0.29) is 6.71 Å². The first-order valence-corrected chi connectivity index (χ1v) is 14.0. The molecule has 7 aromatic carbocycles. The van der Waals surface area contributed by atoms with Crippen LogP contribution in [0.25, 0.3) is 43.8 Å². The summed E-state index contributed by atoms with van der Waals surface area (Å²) >= 11 is 0. The largest absolute Gasteiger partial charge is 0.458 e. The van der Waals surface area contributed by atoms with E-state index in [9.17, 15) is 0 Å². The fourth-order valence-electron chi connectivity index (χ4n) is 6.73. The van der Waals surface area contributed by atoms with Crippen LogP contribution in [0.15, 0.2) is 140 Å². The Hall–Kier alpha value is -5.28. The Morgan fingerprint density at radius 1 is 0.390 bits per heavy atom. The fourth-order valence-corrected chi connectivity index (χ4v) is 6.73. The van der Waals surface area contributed by atoms with Gasteiger partial charge in [0.2, 0.25) is 0 Å². The normalized spacial score (nSPS) is 12.7. The number of hydrogen-bond donors (Lipinski definition) is 0. The topological polar surface area (TPSA) is 18.5 Å². The summed E-state index contributed by atoms with van der Waals surface area (Å²) in [5, 5.41) is 4.97. The Morgan fingerprint density at radius 2 is 0.854 bits per heavy atom. The predicted molar refractivity (Wildman–Crippen MR) is 170 cm³/mol. The van der Waals surface area contributed by atoms with Crippen LogP contribution in [0.2, 0.25) is 0 Å². The molecule has 2 aliphatic heterocycles. The van der Waals surface area contributed by atoms with E-state index >= 15 is 0 Å². The van der Waals surface area contributed by atoms with E-state index in [0.29, 0.717) is 0 Å². The molecule has 0 spiro atoms. The molecular formula is C38H23BO2. The van der Waals surface area contributed by atoms with Crippen molar-refractivity contribution in [3.05, 3.63) is 140 Å². The Bertz CT molecular complexity index is 2020. The van der Waals surface area contributed by atoms with E-state index in [2.05, 4.69) is 133 Å². The molecule has 0 amide bonds. The predicted octanol–water partition coefficient (Wildman–Crippen LogP) is 8.05. The van der Waals surface area contributed by atoms with Gasteiger partial charge in [0.25, 0.3) is 6.71 Å². The van der Waals surface area contributed by atoms with Gasteiger partial charge >= 0.3 is 0 Å². The zero-order valence-electron chi connectivity index (χ0n) is 22.2. The number of rotatable bonds is 2. The van der Waals surface area contributed by atoms with Gasteiger partial charge in [-0.2, -0.15) is 0 Å². The van der Waals surface area contributed by atoms with Crippen LogP contribution >= 0.6 is 0 Å². The van der Waals surface area contributed by atoms with Gasteiger partial charge in [-0.1, -0.05) is 115 Å². The minimum Gasteiger partial charge on any atom is -0.458 e. The lowest BCUT2D eigenvalue weighted by atomic mass is 9.34. The van der Waals surface area contributed by atoms with Gasteiger partial charge in [-0.05, 0) is 79.0 Å². The van der Waals surface area contributed by atoms with Crippen molar-refractivity contribution in [2.75, 3.05) is 0 Å². The molecule has 0 atom stereocenters. The lowest BCUT2D eigenvalue weighted by molar-refractivity contribution is 0.464. The first-order chi connectivity index (χ1) is 20.3. The van der Waals surface area contributed by atoms with Gasteiger partial charge in [-0.15, -0.1) is 0 Å². The molecule has 0 fully saturated rings. The summed E-state index contributed by atoms with van der Waals surface area (Å²) in [5.41, 5.74) is 8.23. The quantitative estimate of drug-likeness (QED) is 0.214. The molecule has 0 aromatic heterocycles. The lowest BCUT2D eigenvalue weighted by Gasteiger charge is -2.33. The zero-order valence-corrected chi connectivity index (χ0v) is 22.2. The van der Waals surface area contributed by atoms with Crippen LogP contribution in [0.4, 0.5) is 0 Å². The molecule has 2 aliphatic rings. The molecule has 0 saturated heterocycles. The lowest BCUT2D eigenvalue weighted by Crippen LogP contribution is -2.57. The van der Waals surface area contributed by atoms with Gasteiger partial charge < -0.3 is 9.47 Å². The van der Waals surface area contributed by atoms with E-state index < -0.39 is 0 Å². The Kier molecular flexibility index (Phi) is 4.73. The van der Waals surface area contributed by atoms with Gasteiger partial charge in [0.15, 0.2) is 0 Å². The fraction of sp³-hybridized carbons (Fsp3) is 0. The molecule has 7 aromatic rings. The van der Waals surface area contributed by atoms with E-state index in [4.69, 9.17) is 9.47 Å². The average molecular weight is 522 g/mol. The third kappa shape index (κ3) is 3.39. The highest BCUT2D eigenvalue weighted by molar-refractivity contribution is 6.98. The summed E-state index contributed by atoms with van der Waals surface area (Å²) < 4.78 is 13.0. The second kappa shape index (κ2) is 8.61. The van der Waals surface area contributed by atoms with Crippen molar-refractivity contribution in [1.82, 2.24) is 0 Å². The summed E-state index contributed by atoms with van der Waals surface area (Å²) in [7, 11) is 0. The van der Waals surface area contributed by atoms with Crippen LogP contribution in [-0.4, -0.2) is 6.71 Å². The van der Waals surface area contributed by atoms with E-state index in [0.717, 1.165) is 39.4 Å². The molecule has 190 valence electrons. The van der Waals surface area contributed by atoms with Gasteiger partial charge in [-0.25, -0.2) is 0 Å². The van der Waals surface area contributed by atoms with Crippen LogP contribution in [0.1, 0.15) is 0 Å². The maximum Gasteiger partial charge on any atom is 0.260 e. The Balaban J connectivity index is 1.27. The summed E-state index contributed by atoms with van der Waals surface area (Å²) in [6.07, 6.45) is 0. The van der Waals surface area contributed by atoms with Crippen molar-refractivity contribution in [3.8, 4) is 45.3 Å². The second-order valence-corrected chi connectivity index (χ2v) is 10.9. The highest BCUT2D eigenvalue weighted by Gasteiger charge is 2.40. The van der Waals surface area contributed by atoms with Crippen molar-refractivity contribution in [2.45, 2.75) is 0 Å². The van der Waals surface area contributed by atoms with Gasteiger partial charge in [0.05, 0.1) is 0 Å². The highest BCUT2D eigenvalue weighted by Crippen LogP contribution is 2.38. The Labute approximate surface area is 238 Å². The number of ether oxygens (including phenoxy) is 2. The van der Waals surface area contributed by atoms with Crippen molar-refractivity contribution < 1.29 is 9.47 Å². The number of fused-ring (bicyclic) bond motifs is 6. The summed E-state index contributed by atoms with van der Waals surface area (Å²) in [4.78, 5) is 0. The Morgan fingerprint density at radius 3 is 1.39 bits per heavy atom. The highest BCUT2D eigenvalue weighted by atomic mass is 16.5. The summed E-state index contributed by atoms with van der Waals surface area (Å²) in [6, 6.07) is 49.6. The molecular weight excluding hydrogens is 499 g/mol. The minimum atomic E-state index is -0.00134. The molecule has 2 heterocycles. The van der Waals surface area contributed by atoms with Gasteiger partial charge in [-0.3, -0.25) is 0 Å². The zero-order chi connectivity index (χ0) is 26.9.